The van der Waals surface area contributed by atoms with Crippen LogP contribution in [-0.4, -0.2) is 43.9 Å². The number of pyridine rings is 1. The molecular weight excluding hydrogens is 246 g/mol. The molecular formula is C13H19N3O3. The number of anilines is 2. The van der Waals surface area contributed by atoms with Gasteiger partial charge in [0.25, 0.3) is 0 Å². The topological polar surface area (TPSA) is 77.7 Å². The summed E-state index contributed by atoms with van der Waals surface area (Å²) in [4.78, 5) is 18.0. The SMILES string of the molecule is COC(=O)c1cc(N)cnc1N(C)C1CCOC1C. The highest BCUT2D eigenvalue weighted by atomic mass is 16.5. The summed E-state index contributed by atoms with van der Waals surface area (Å²) in [6, 6.07) is 1.78. The van der Waals surface area contributed by atoms with Gasteiger partial charge >= 0.3 is 5.97 Å². The van der Waals surface area contributed by atoms with E-state index in [-0.39, 0.29) is 12.1 Å². The number of nitrogen functional groups attached to an aromatic ring is 1. The molecule has 6 heteroatoms. The normalized spacial score (nSPS) is 22.3. The molecule has 1 aromatic rings. The zero-order chi connectivity index (χ0) is 14.0. The molecule has 2 atom stereocenters. The zero-order valence-corrected chi connectivity index (χ0v) is 11.4. The average Bonchev–Trinajstić information content (AvgIpc) is 2.83. The van der Waals surface area contributed by atoms with Gasteiger partial charge in [0.2, 0.25) is 0 Å². The van der Waals surface area contributed by atoms with E-state index in [0.29, 0.717) is 17.1 Å². The van der Waals surface area contributed by atoms with Crippen molar-refractivity contribution in [3.8, 4) is 0 Å². The van der Waals surface area contributed by atoms with Crippen LogP contribution in [0.4, 0.5) is 11.5 Å². The summed E-state index contributed by atoms with van der Waals surface area (Å²) >= 11 is 0. The van der Waals surface area contributed by atoms with Crippen molar-refractivity contribution in [2.75, 3.05) is 31.4 Å². The van der Waals surface area contributed by atoms with Crippen molar-refractivity contribution in [1.29, 1.82) is 0 Å². The van der Waals surface area contributed by atoms with E-state index in [1.807, 2.05) is 18.9 Å². The first kappa shape index (κ1) is 13.6. The van der Waals surface area contributed by atoms with Crippen LogP contribution in [0.3, 0.4) is 0 Å². The number of carbonyl (C=O) groups excluding carboxylic acids is 1. The summed E-state index contributed by atoms with van der Waals surface area (Å²) < 4.78 is 10.3. The predicted octanol–water partition coefficient (Wildman–Crippen LogP) is 1.06. The fraction of sp³-hybridized carbons (Fsp3) is 0.538. The second-order valence-corrected chi connectivity index (χ2v) is 4.67. The Kier molecular flexibility index (Phi) is 3.90. The van der Waals surface area contributed by atoms with Crippen molar-refractivity contribution < 1.29 is 14.3 Å². The maximum absolute atomic E-state index is 11.8. The largest absolute Gasteiger partial charge is 0.465 e. The Bertz CT molecular complexity index is 478. The van der Waals surface area contributed by atoms with Crippen molar-refractivity contribution in [3.63, 3.8) is 0 Å². The van der Waals surface area contributed by atoms with E-state index in [0.717, 1.165) is 13.0 Å². The Morgan fingerprint density at radius 2 is 2.37 bits per heavy atom. The molecule has 0 aromatic carbocycles. The number of rotatable bonds is 3. The Morgan fingerprint density at radius 1 is 1.63 bits per heavy atom. The third kappa shape index (κ3) is 2.63. The Hall–Kier alpha value is -1.82. The maximum Gasteiger partial charge on any atom is 0.341 e. The summed E-state index contributed by atoms with van der Waals surface area (Å²) in [6.07, 6.45) is 2.55. The first-order valence-electron chi connectivity index (χ1n) is 6.23. The van der Waals surface area contributed by atoms with E-state index in [1.165, 1.54) is 7.11 Å². The molecule has 2 heterocycles. The van der Waals surface area contributed by atoms with E-state index >= 15 is 0 Å². The lowest BCUT2D eigenvalue weighted by atomic mass is 10.1. The minimum Gasteiger partial charge on any atom is -0.465 e. The lowest BCUT2D eigenvalue weighted by molar-refractivity contribution is 0.0600. The summed E-state index contributed by atoms with van der Waals surface area (Å²) in [5.74, 6) is 0.136. The molecule has 0 bridgehead atoms. The Labute approximate surface area is 112 Å². The second kappa shape index (κ2) is 5.44. The fourth-order valence-corrected chi connectivity index (χ4v) is 2.40. The Morgan fingerprint density at radius 3 is 2.95 bits per heavy atom. The van der Waals surface area contributed by atoms with Gasteiger partial charge in [0, 0.05) is 13.7 Å². The number of aromatic nitrogens is 1. The zero-order valence-electron chi connectivity index (χ0n) is 11.4. The van der Waals surface area contributed by atoms with Crippen LogP contribution in [0.25, 0.3) is 0 Å². The van der Waals surface area contributed by atoms with Crippen molar-refractivity contribution >= 4 is 17.5 Å². The molecule has 2 N–H and O–H groups in total. The minimum absolute atomic E-state index is 0.106. The minimum atomic E-state index is -0.437. The molecule has 104 valence electrons. The number of carbonyl (C=O) groups is 1. The van der Waals surface area contributed by atoms with E-state index in [9.17, 15) is 4.79 Å². The number of methoxy groups -OCH3 is 1. The number of ether oxygens (including phenoxy) is 2. The fourth-order valence-electron chi connectivity index (χ4n) is 2.40. The highest BCUT2D eigenvalue weighted by Crippen LogP contribution is 2.26. The molecule has 1 fully saturated rings. The van der Waals surface area contributed by atoms with Crippen LogP contribution >= 0.6 is 0 Å². The molecule has 2 rings (SSSR count). The van der Waals surface area contributed by atoms with Crippen LogP contribution in [0.2, 0.25) is 0 Å². The van der Waals surface area contributed by atoms with Gasteiger partial charge < -0.3 is 20.1 Å². The quantitative estimate of drug-likeness (QED) is 0.823. The molecule has 0 radical (unpaired) electrons. The molecule has 1 saturated heterocycles. The third-order valence-electron chi connectivity index (χ3n) is 3.46. The molecule has 0 saturated carbocycles. The van der Waals surface area contributed by atoms with Crippen LogP contribution in [0.15, 0.2) is 12.3 Å². The standard InChI is InChI=1S/C13H19N3O3/c1-8-11(4-5-19-8)16(2)12-10(13(17)18-3)6-9(14)7-15-12/h6-8,11H,4-5,14H2,1-3H3. The first-order valence-corrected chi connectivity index (χ1v) is 6.23. The van der Waals surface area contributed by atoms with Crippen LogP contribution in [0.1, 0.15) is 23.7 Å². The van der Waals surface area contributed by atoms with E-state index in [1.54, 1.807) is 12.3 Å². The summed E-state index contributed by atoms with van der Waals surface area (Å²) in [6.45, 7) is 2.74. The van der Waals surface area contributed by atoms with Gasteiger partial charge in [-0.25, -0.2) is 9.78 Å². The third-order valence-corrected chi connectivity index (χ3v) is 3.46. The number of nitrogens with zero attached hydrogens (tertiary/aromatic N) is 2. The summed E-state index contributed by atoms with van der Waals surface area (Å²) in [5.41, 5.74) is 6.50. The second-order valence-electron chi connectivity index (χ2n) is 4.67. The van der Waals surface area contributed by atoms with E-state index < -0.39 is 5.97 Å². The number of hydrogen-bond acceptors (Lipinski definition) is 6. The summed E-state index contributed by atoms with van der Waals surface area (Å²) in [5, 5.41) is 0. The Balaban J connectivity index is 2.35. The van der Waals surface area contributed by atoms with E-state index in [2.05, 4.69) is 4.98 Å². The van der Waals surface area contributed by atoms with E-state index in [4.69, 9.17) is 15.2 Å². The number of hydrogen-bond donors (Lipinski definition) is 1. The maximum atomic E-state index is 11.8. The van der Waals surface area contributed by atoms with Gasteiger partial charge in [-0.1, -0.05) is 0 Å². The highest BCUT2D eigenvalue weighted by Gasteiger charge is 2.30. The van der Waals surface area contributed by atoms with Gasteiger partial charge in [0.05, 0.1) is 31.1 Å². The molecule has 2 unspecified atom stereocenters. The smallest absolute Gasteiger partial charge is 0.341 e. The number of esters is 1. The van der Waals surface area contributed by atoms with Gasteiger partial charge in [-0.3, -0.25) is 0 Å². The van der Waals surface area contributed by atoms with Crippen LogP contribution < -0.4 is 10.6 Å². The summed E-state index contributed by atoms with van der Waals surface area (Å²) in [7, 11) is 3.25. The monoisotopic (exact) mass is 265 g/mol. The molecule has 0 aliphatic carbocycles. The molecule has 1 aliphatic rings. The molecule has 6 nitrogen and oxygen atoms in total. The van der Waals surface area contributed by atoms with Gasteiger partial charge in [0.1, 0.15) is 11.4 Å². The van der Waals surface area contributed by atoms with Crippen LogP contribution in [-0.2, 0) is 9.47 Å². The van der Waals surface area contributed by atoms with Crippen molar-refractivity contribution in [1.82, 2.24) is 4.98 Å². The van der Waals surface area contributed by atoms with Crippen molar-refractivity contribution in [2.45, 2.75) is 25.5 Å². The predicted molar refractivity (Wildman–Crippen MR) is 72.2 cm³/mol. The highest BCUT2D eigenvalue weighted by molar-refractivity contribution is 5.95. The number of likely N-dealkylation sites (N-methyl/N-ethyl adjacent to an activating group) is 1. The van der Waals surface area contributed by atoms with Crippen molar-refractivity contribution in [2.24, 2.45) is 0 Å². The first-order chi connectivity index (χ1) is 9.04. The average molecular weight is 265 g/mol. The van der Waals surface area contributed by atoms with Gasteiger partial charge in [-0.2, -0.15) is 0 Å². The lowest BCUT2D eigenvalue weighted by Crippen LogP contribution is -2.38. The molecule has 0 spiro atoms. The van der Waals surface area contributed by atoms with Gasteiger partial charge in [0.15, 0.2) is 0 Å². The molecule has 1 aliphatic heterocycles. The van der Waals surface area contributed by atoms with Crippen molar-refractivity contribution in [3.05, 3.63) is 17.8 Å². The van der Waals surface area contributed by atoms with Crippen LogP contribution in [0, 0.1) is 0 Å². The lowest BCUT2D eigenvalue weighted by Gasteiger charge is -2.29. The van der Waals surface area contributed by atoms with Gasteiger partial charge in [-0.05, 0) is 19.4 Å². The molecule has 19 heavy (non-hydrogen) atoms. The van der Waals surface area contributed by atoms with Crippen LogP contribution in [0.5, 0.6) is 0 Å². The molecule has 0 amide bonds. The number of nitrogens with two attached hydrogens (primary N) is 1. The molecule has 1 aromatic heterocycles. The van der Waals surface area contributed by atoms with Gasteiger partial charge in [-0.15, -0.1) is 0 Å².